The monoisotopic (exact) mass is 237 g/mol. The number of rotatable bonds is 2. The van der Waals surface area contributed by atoms with E-state index >= 15 is 0 Å². The smallest absolute Gasteiger partial charge is 0.0685 e. The summed E-state index contributed by atoms with van der Waals surface area (Å²) >= 11 is 0. The molecular weight excluding hydrogens is 210 g/mol. The molecule has 1 aliphatic carbocycles. The summed E-state index contributed by atoms with van der Waals surface area (Å²) in [6.45, 7) is 4.61. The van der Waals surface area contributed by atoms with Crippen LogP contribution in [0, 0.1) is 5.92 Å². The molecule has 0 aromatic carbocycles. The SMILES string of the molecule is CCC1(C2CCOC3(CCCC3)C2)CCCN1. The van der Waals surface area contributed by atoms with Crippen LogP contribution in [-0.2, 0) is 4.74 Å². The maximum absolute atomic E-state index is 6.18. The third-order valence-electron chi connectivity index (χ3n) is 5.70. The molecule has 2 heterocycles. The van der Waals surface area contributed by atoms with Crippen molar-refractivity contribution in [3.63, 3.8) is 0 Å². The van der Waals surface area contributed by atoms with Crippen LogP contribution in [0.2, 0.25) is 0 Å². The summed E-state index contributed by atoms with van der Waals surface area (Å²) < 4.78 is 6.18. The van der Waals surface area contributed by atoms with E-state index in [4.69, 9.17) is 4.74 Å². The van der Waals surface area contributed by atoms with Crippen LogP contribution in [0.5, 0.6) is 0 Å². The summed E-state index contributed by atoms with van der Waals surface area (Å²) in [7, 11) is 0. The molecule has 2 saturated heterocycles. The van der Waals surface area contributed by atoms with Crippen molar-refractivity contribution in [1.82, 2.24) is 5.32 Å². The molecule has 0 radical (unpaired) electrons. The predicted octanol–water partition coefficient (Wildman–Crippen LogP) is 3.26. The van der Waals surface area contributed by atoms with Gasteiger partial charge in [-0.15, -0.1) is 0 Å². The molecule has 0 aromatic heterocycles. The van der Waals surface area contributed by atoms with Gasteiger partial charge in [-0.05, 0) is 57.4 Å². The van der Waals surface area contributed by atoms with Crippen LogP contribution >= 0.6 is 0 Å². The van der Waals surface area contributed by atoms with Crippen LogP contribution in [0.3, 0.4) is 0 Å². The molecule has 17 heavy (non-hydrogen) atoms. The first-order valence-electron chi connectivity index (χ1n) is 7.68. The highest BCUT2D eigenvalue weighted by molar-refractivity contribution is 5.03. The summed E-state index contributed by atoms with van der Waals surface area (Å²) in [5.74, 6) is 0.863. The largest absolute Gasteiger partial charge is 0.375 e. The zero-order chi connectivity index (χ0) is 11.8. The molecule has 2 heteroatoms. The van der Waals surface area contributed by atoms with E-state index in [0.29, 0.717) is 5.54 Å². The number of hydrogen-bond donors (Lipinski definition) is 1. The third-order valence-corrected chi connectivity index (χ3v) is 5.70. The van der Waals surface area contributed by atoms with Gasteiger partial charge in [0.05, 0.1) is 5.60 Å². The van der Waals surface area contributed by atoms with E-state index in [1.807, 2.05) is 0 Å². The highest BCUT2D eigenvalue weighted by Crippen LogP contribution is 2.47. The van der Waals surface area contributed by atoms with Crippen molar-refractivity contribution in [3.05, 3.63) is 0 Å². The van der Waals surface area contributed by atoms with E-state index in [-0.39, 0.29) is 5.60 Å². The highest BCUT2D eigenvalue weighted by atomic mass is 16.5. The van der Waals surface area contributed by atoms with Gasteiger partial charge in [-0.1, -0.05) is 19.8 Å². The highest BCUT2D eigenvalue weighted by Gasteiger charge is 2.47. The summed E-state index contributed by atoms with van der Waals surface area (Å²) in [5.41, 5.74) is 0.745. The molecule has 1 saturated carbocycles. The predicted molar refractivity (Wildman–Crippen MR) is 70.1 cm³/mol. The molecule has 0 bridgehead atoms. The molecule has 2 aliphatic heterocycles. The average Bonchev–Trinajstić information content (AvgIpc) is 3.00. The van der Waals surface area contributed by atoms with E-state index in [1.54, 1.807) is 0 Å². The molecular formula is C15H27NO. The Bertz CT molecular complexity index is 264. The molecule has 3 fully saturated rings. The topological polar surface area (TPSA) is 21.3 Å². The summed E-state index contributed by atoms with van der Waals surface area (Å²) in [6.07, 6.45) is 12.1. The summed E-state index contributed by atoms with van der Waals surface area (Å²) in [5, 5.41) is 3.84. The Morgan fingerprint density at radius 2 is 2.00 bits per heavy atom. The summed E-state index contributed by atoms with van der Waals surface area (Å²) in [4.78, 5) is 0. The fourth-order valence-corrected chi connectivity index (χ4v) is 4.64. The number of hydrogen-bond acceptors (Lipinski definition) is 2. The normalized spacial score (nSPS) is 41.1. The van der Waals surface area contributed by atoms with Crippen LogP contribution in [0.4, 0.5) is 0 Å². The van der Waals surface area contributed by atoms with Gasteiger partial charge in [-0.2, -0.15) is 0 Å². The van der Waals surface area contributed by atoms with Crippen LogP contribution < -0.4 is 5.32 Å². The molecule has 2 unspecified atom stereocenters. The van der Waals surface area contributed by atoms with Crippen LogP contribution in [0.1, 0.15) is 64.7 Å². The second kappa shape index (κ2) is 4.55. The lowest BCUT2D eigenvalue weighted by Gasteiger charge is -2.46. The second-order valence-electron chi connectivity index (χ2n) is 6.47. The Hall–Kier alpha value is -0.0800. The third kappa shape index (κ3) is 2.04. The Labute approximate surface area is 105 Å². The Morgan fingerprint density at radius 1 is 1.18 bits per heavy atom. The van der Waals surface area contributed by atoms with Gasteiger partial charge in [-0.3, -0.25) is 0 Å². The van der Waals surface area contributed by atoms with E-state index in [2.05, 4.69) is 12.2 Å². The maximum Gasteiger partial charge on any atom is 0.0685 e. The molecule has 3 aliphatic rings. The fourth-order valence-electron chi connectivity index (χ4n) is 4.64. The van der Waals surface area contributed by atoms with Crippen LogP contribution in [-0.4, -0.2) is 24.3 Å². The van der Waals surface area contributed by atoms with Gasteiger partial charge in [0.25, 0.3) is 0 Å². The van der Waals surface area contributed by atoms with Gasteiger partial charge < -0.3 is 10.1 Å². The van der Waals surface area contributed by atoms with Gasteiger partial charge in [0.15, 0.2) is 0 Å². The zero-order valence-electron chi connectivity index (χ0n) is 11.3. The lowest BCUT2D eigenvalue weighted by molar-refractivity contribution is -0.107. The molecule has 0 aromatic rings. The van der Waals surface area contributed by atoms with Gasteiger partial charge in [0.1, 0.15) is 0 Å². The molecule has 0 amide bonds. The van der Waals surface area contributed by atoms with Crippen molar-refractivity contribution in [3.8, 4) is 0 Å². The van der Waals surface area contributed by atoms with Crippen molar-refractivity contribution in [1.29, 1.82) is 0 Å². The quantitative estimate of drug-likeness (QED) is 0.796. The average molecular weight is 237 g/mol. The molecule has 98 valence electrons. The van der Waals surface area contributed by atoms with Crippen molar-refractivity contribution < 1.29 is 4.74 Å². The van der Waals surface area contributed by atoms with Crippen LogP contribution in [0.25, 0.3) is 0 Å². The molecule has 2 nitrogen and oxygen atoms in total. The fraction of sp³-hybridized carbons (Fsp3) is 1.00. The van der Waals surface area contributed by atoms with Crippen molar-refractivity contribution in [2.45, 2.75) is 75.9 Å². The number of nitrogens with one attached hydrogen (secondary N) is 1. The van der Waals surface area contributed by atoms with E-state index in [0.717, 1.165) is 12.5 Å². The maximum atomic E-state index is 6.18. The molecule has 3 rings (SSSR count). The minimum absolute atomic E-state index is 0.287. The van der Waals surface area contributed by atoms with E-state index in [1.165, 1.54) is 64.3 Å². The standard InChI is InChI=1S/C15H27NO/c1-2-15(9-5-10-16-15)13-6-11-17-14(12-13)7-3-4-8-14/h13,16H,2-12H2,1H3. The van der Waals surface area contributed by atoms with Gasteiger partial charge >= 0.3 is 0 Å². The van der Waals surface area contributed by atoms with Crippen molar-refractivity contribution >= 4 is 0 Å². The van der Waals surface area contributed by atoms with Crippen molar-refractivity contribution in [2.24, 2.45) is 5.92 Å². The molecule has 1 spiro atoms. The Morgan fingerprint density at radius 3 is 2.65 bits per heavy atom. The zero-order valence-corrected chi connectivity index (χ0v) is 11.3. The van der Waals surface area contributed by atoms with Gasteiger partial charge in [-0.25, -0.2) is 0 Å². The Balaban J connectivity index is 1.74. The lowest BCUT2D eigenvalue weighted by Crippen LogP contribution is -2.52. The first-order chi connectivity index (χ1) is 8.29. The Kier molecular flexibility index (Phi) is 3.20. The van der Waals surface area contributed by atoms with E-state index < -0.39 is 0 Å². The lowest BCUT2D eigenvalue weighted by atomic mass is 9.71. The van der Waals surface area contributed by atoms with E-state index in [9.17, 15) is 0 Å². The second-order valence-corrected chi connectivity index (χ2v) is 6.47. The first-order valence-corrected chi connectivity index (χ1v) is 7.68. The first kappa shape index (κ1) is 12.0. The minimum atomic E-state index is 0.287. The minimum Gasteiger partial charge on any atom is -0.375 e. The van der Waals surface area contributed by atoms with Gasteiger partial charge in [0, 0.05) is 12.1 Å². The molecule has 1 N–H and O–H groups in total. The molecule has 2 atom stereocenters. The van der Waals surface area contributed by atoms with Crippen molar-refractivity contribution in [2.75, 3.05) is 13.2 Å². The van der Waals surface area contributed by atoms with Gasteiger partial charge in [0.2, 0.25) is 0 Å². The number of ether oxygens (including phenoxy) is 1. The summed E-state index contributed by atoms with van der Waals surface area (Å²) in [6, 6.07) is 0. The van der Waals surface area contributed by atoms with Crippen LogP contribution in [0.15, 0.2) is 0 Å².